The summed E-state index contributed by atoms with van der Waals surface area (Å²) in [7, 11) is 0. The molecule has 9 heteroatoms. The SMILES string of the molecule is NCC1CCC(CNc2nc(NCCc3ccc(F)cc3)ncc2[N+](=O)[O-])CC1. The normalized spacial score (nSPS) is 19.0. The second-order valence-electron chi connectivity index (χ2n) is 7.49. The molecule has 1 heterocycles. The summed E-state index contributed by atoms with van der Waals surface area (Å²) in [5, 5.41) is 17.5. The summed E-state index contributed by atoms with van der Waals surface area (Å²) < 4.78 is 13.0. The molecular weight excluding hydrogens is 375 g/mol. The van der Waals surface area contributed by atoms with Crippen LogP contribution in [0.2, 0.25) is 0 Å². The minimum Gasteiger partial charge on any atom is -0.364 e. The van der Waals surface area contributed by atoms with Crippen LogP contribution in [0.1, 0.15) is 31.2 Å². The zero-order valence-electron chi connectivity index (χ0n) is 16.3. The van der Waals surface area contributed by atoms with Gasteiger partial charge in [0.15, 0.2) is 0 Å². The predicted molar refractivity (Wildman–Crippen MR) is 110 cm³/mol. The first kappa shape index (κ1) is 20.9. The van der Waals surface area contributed by atoms with Crippen molar-refractivity contribution in [3.8, 4) is 0 Å². The Morgan fingerprint density at radius 2 is 1.83 bits per heavy atom. The fourth-order valence-corrected chi connectivity index (χ4v) is 3.61. The van der Waals surface area contributed by atoms with Gasteiger partial charge >= 0.3 is 5.69 Å². The second kappa shape index (κ2) is 10.1. The summed E-state index contributed by atoms with van der Waals surface area (Å²) in [6.07, 6.45) is 6.22. The Balaban J connectivity index is 1.57. The molecule has 1 saturated carbocycles. The largest absolute Gasteiger partial charge is 0.364 e. The van der Waals surface area contributed by atoms with E-state index in [1.165, 1.54) is 18.3 Å². The molecule has 1 aromatic heterocycles. The highest BCUT2D eigenvalue weighted by molar-refractivity contribution is 5.57. The van der Waals surface area contributed by atoms with E-state index in [1.54, 1.807) is 12.1 Å². The lowest BCUT2D eigenvalue weighted by molar-refractivity contribution is -0.384. The Labute approximate surface area is 169 Å². The Kier molecular flexibility index (Phi) is 7.29. The highest BCUT2D eigenvalue weighted by Crippen LogP contribution is 2.29. The average molecular weight is 402 g/mol. The van der Waals surface area contributed by atoms with E-state index in [-0.39, 0.29) is 17.3 Å². The molecule has 0 radical (unpaired) electrons. The highest BCUT2D eigenvalue weighted by Gasteiger charge is 2.22. The third-order valence-corrected chi connectivity index (χ3v) is 5.43. The van der Waals surface area contributed by atoms with Crippen LogP contribution in [0.4, 0.5) is 21.8 Å². The maximum Gasteiger partial charge on any atom is 0.329 e. The first-order chi connectivity index (χ1) is 14.0. The summed E-state index contributed by atoms with van der Waals surface area (Å²) in [5.74, 6) is 1.34. The average Bonchev–Trinajstić information content (AvgIpc) is 2.74. The maximum absolute atomic E-state index is 13.0. The standard InChI is InChI=1S/C20H27FN6O2/c21-17-7-5-14(6-8-17)9-10-23-20-25-13-18(27(28)29)19(26-20)24-12-16-3-1-15(11-22)2-4-16/h5-8,13,15-16H,1-4,9-12,22H2,(H2,23,24,25,26). The van der Waals surface area contributed by atoms with Crippen molar-refractivity contribution in [3.63, 3.8) is 0 Å². The summed E-state index contributed by atoms with van der Waals surface area (Å²) in [4.78, 5) is 19.2. The molecule has 1 aliphatic rings. The van der Waals surface area contributed by atoms with E-state index in [9.17, 15) is 14.5 Å². The summed E-state index contributed by atoms with van der Waals surface area (Å²) in [6.45, 7) is 1.90. The summed E-state index contributed by atoms with van der Waals surface area (Å²) in [5.41, 5.74) is 6.58. The zero-order chi connectivity index (χ0) is 20.6. The van der Waals surface area contributed by atoms with E-state index < -0.39 is 4.92 Å². The van der Waals surface area contributed by atoms with Gasteiger partial charge < -0.3 is 16.4 Å². The van der Waals surface area contributed by atoms with Crippen LogP contribution in [0.15, 0.2) is 30.5 Å². The molecule has 1 fully saturated rings. The lowest BCUT2D eigenvalue weighted by Crippen LogP contribution is -2.25. The van der Waals surface area contributed by atoms with E-state index in [0.717, 1.165) is 37.8 Å². The molecular formula is C20H27FN6O2. The molecule has 0 aliphatic heterocycles. The fraction of sp³-hybridized carbons (Fsp3) is 0.500. The molecule has 0 bridgehead atoms. The van der Waals surface area contributed by atoms with Crippen molar-refractivity contribution in [2.45, 2.75) is 32.1 Å². The van der Waals surface area contributed by atoms with Crippen LogP contribution in [0.25, 0.3) is 0 Å². The molecule has 156 valence electrons. The van der Waals surface area contributed by atoms with E-state index in [4.69, 9.17) is 5.73 Å². The molecule has 4 N–H and O–H groups in total. The van der Waals surface area contributed by atoms with Gasteiger partial charge in [-0.1, -0.05) is 12.1 Å². The highest BCUT2D eigenvalue weighted by atomic mass is 19.1. The molecule has 1 aromatic carbocycles. The van der Waals surface area contributed by atoms with Crippen molar-refractivity contribution >= 4 is 17.5 Å². The molecule has 0 spiro atoms. The van der Waals surface area contributed by atoms with Crippen molar-refractivity contribution in [2.24, 2.45) is 17.6 Å². The smallest absolute Gasteiger partial charge is 0.329 e. The van der Waals surface area contributed by atoms with Crippen LogP contribution < -0.4 is 16.4 Å². The molecule has 2 aromatic rings. The number of nitro groups is 1. The van der Waals surface area contributed by atoms with Crippen LogP contribution in [-0.2, 0) is 6.42 Å². The first-order valence-electron chi connectivity index (χ1n) is 9.99. The molecule has 1 aliphatic carbocycles. The van der Waals surface area contributed by atoms with Gasteiger partial charge in [0, 0.05) is 13.1 Å². The lowest BCUT2D eigenvalue weighted by Gasteiger charge is -2.27. The van der Waals surface area contributed by atoms with Gasteiger partial charge in [0.1, 0.15) is 12.0 Å². The van der Waals surface area contributed by atoms with Gasteiger partial charge in [-0.15, -0.1) is 0 Å². The van der Waals surface area contributed by atoms with Gasteiger partial charge in [-0.2, -0.15) is 4.98 Å². The van der Waals surface area contributed by atoms with Crippen molar-refractivity contribution in [2.75, 3.05) is 30.3 Å². The van der Waals surface area contributed by atoms with Crippen LogP contribution in [-0.4, -0.2) is 34.5 Å². The molecule has 29 heavy (non-hydrogen) atoms. The third kappa shape index (κ3) is 6.08. The van der Waals surface area contributed by atoms with E-state index in [0.29, 0.717) is 37.3 Å². The Bertz CT molecular complexity index is 809. The van der Waals surface area contributed by atoms with Crippen LogP contribution in [0.5, 0.6) is 0 Å². The minimum absolute atomic E-state index is 0.135. The molecule has 0 amide bonds. The monoisotopic (exact) mass is 402 g/mol. The number of anilines is 2. The number of hydrogen-bond donors (Lipinski definition) is 3. The van der Waals surface area contributed by atoms with Crippen LogP contribution in [0, 0.1) is 27.8 Å². The number of benzene rings is 1. The fourth-order valence-electron chi connectivity index (χ4n) is 3.61. The molecule has 0 atom stereocenters. The number of nitrogens with zero attached hydrogens (tertiary/aromatic N) is 3. The Morgan fingerprint density at radius 3 is 2.48 bits per heavy atom. The predicted octanol–water partition coefficient (Wildman–Crippen LogP) is 3.36. The maximum atomic E-state index is 13.0. The van der Waals surface area contributed by atoms with Crippen LogP contribution >= 0.6 is 0 Å². The van der Waals surface area contributed by atoms with Gasteiger partial charge in [-0.3, -0.25) is 10.1 Å². The lowest BCUT2D eigenvalue weighted by atomic mass is 9.82. The van der Waals surface area contributed by atoms with E-state index in [2.05, 4.69) is 20.6 Å². The molecule has 0 unspecified atom stereocenters. The summed E-state index contributed by atoms with van der Waals surface area (Å²) in [6, 6.07) is 6.28. The number of nitrogens with two attached hydrogens (primary N) is 1. The Hall–Kier alpha value is -2.81. The number of halogens is 1. The number of hydrogen-bond acceptors (Lipinski definition) is 7. The van der Waals surface area contributed by atoms with Gasteiger partial charge in [0.2, 0.25) is 11.8 Å². The topological polar surface area (TPSA) is 119 Å². The van der Waals surface area contributed by atoms with Gasteiger partial charge in [0.25, 0.3) is 0 Å². The molecule has 8 nitrogen and oxygen atoms in total. The Morgan fingerprint density at radius 1 is 1.14 bits per heavy atom. The van der Waals surface area contributed by atoms with E-state index >= 15 is 0 Å². The minimum atomic E-state index is -0.476. The quantitative estimate of drug-likeness (QED) is 0.435. The number of nitrogens with one attached hydrogen (secondary N) is 2. The van der Waals surface area contributed by atoms with Gasteiger partial charge in [-0.05, 0) is 68.2 Å². The summed E-state index contributed by atoms with van der Waals surface area (Å²) >= 11 is 0. The zero-order valence-corrected chi connectivity index (χ0v) is 16.3. The molecule has 3 rings (SSSR count). The van der Waals surface area contributed by atoms with Crippen molar-refractivity contribution in [1.82, 2.24) is 9.97 Å². The second-order valence-corrected chi connectivity index (χ2v) is 7.49. The molecule has 0 saturated heterocycles. The van der Waals surface area contributed by atoms with Crippen molar-refractivity contribution in [1.29, 1.82) is 0 Å². The first-order valence-corrected chi connectivity index (χ1v) is 9.99. The van der Waals surface area contributed by atoms with Crippen molar-refractivity contribution < 1.29 is 9.31 Å². The van der Waals surface area contributed by atoms with E-state index in [1.807, 2.05) is 0 Å². The van der Waals surface area contributed by atoms with Gasteiger partial charge in [-0.25, -0.2) is 9.37 Å². The number of aromatic nitrogens is 2. The van der Waals surface area contributed by atoms with Crippen molar-refractivity contribution in [3.05, 3.63) is 52.0 Å². The number of rotatable bonds is 9. The van der Waals surface area contributed by atoms with Gasteiger partial charge in [0.05, 0.1) is 4.92 Å². The van der Waals surface area contributed by atoms with Crippen LogP contribution in [0.3, 0.4) is 0 Å². The third-order valence-electron chi connectivity index (χ3n) is 5.43.